The maximum atomic E-state index is 13.6. The third-order valence-corrected chi connectivity index (χ3v) is 7.51. The van der Waals surface area contributed by atoms with E-state index in [2.05, 4.69) is 10.1 Å². The Morgan fingerprint density at radius 2 is 1.69 bits per heavy atom. The molecule has 0 bridgehead atoms. The number of ether oxygens (including phenoxy) is 5. The molecule has 48 heavy (non-hydrogen) atoms. The molecule has 1 amide bonds. The number of esters is 2. The number of anilines is 1. The van der Waals surface area contributed by atoms with Crippen molar-refractivity contribution in [1.82, 2.24) is 0 Å². The van der Waals surface area contributed by atoms with E-state index in [1.165, 1.54) is 43.5 Å². The molecule has 11 nitrogen and oxygen atoms in total. The van der Waals surface area contributed by atoms with Crippen LogP contribution in [-0.2, 0) is 25.5 Å². The average molecular weight is 712 g/mol. The smallest absolute Gasteiger partial charge is 0.387 e. The second-order valence-corrected chi connectivity index (χ2v) is 12.8. The Labute approximate surface area is 285 Å². The van der Waals surface area contributed by atoms with Crippen LogP contribution in [0.3, 0.4) is 0 Å². The summed E-state index contributed by atoms with van der Waals surface area (Å²) in [4.78, 5) is 38.4. The maximum Gasteiger partial charge on any atom is 0.387 e. The van der Waals surface area contributed by atoms with Crippen LogP contribution in [0.2, 0.25) is 10.0 Å². The normalized spacial score (nSPS) is 13.4. The second kappa shape index (κ2) is 15.7. The summed E-state index contributed by atoms with van der Waals surface area (Å²) in [5, 5.41) is 14.4. The maximum absolute atomic E-state index is 13.6. The zero-order valence-corrected chi connectivity index (χ0v) is 28.0. The molecule has 0 saturated heterocycles. The number of benzene rings is 2. The summed E-state index contributed by atoms with van der Waals surface area (Å²) in [6.07, 6.45) is 2.21. The summed E-state index contributed by atoms with van der Waals surface area (Å²) >= 11 is 12.7. The third-order valence-electron chi connectivity index (χ3n) is 6.86. The van der Waals surface area contributed by atoms with Gasteiger partial charge in [0.15, 0.2) is 23.9 Å². The lowest BCUT2D eigenvalue weighted by Crippen LogP contribution is -2.27. The molecule has 1 unspecified atom stereocenters. The fraction of sp³-hybridized carbons (Fsp3) is 0.394. The predicted octanol–water partition coefficient (Wildman–Crippen LogP) is 6.84. The SMILES string of the molecule is COc1ccc(C(=O)OC(Cc2c(Cl)c[n+]([O-])cc2Cl)c2ccc(OC(F)F)c(OCC3CC3)c2)cc1NC(=O)CC(=O)OC(C)(C)C. The number of carbonyl (C=O) groups excluding carboxylic acids is 3. The van der Waals surface area contributed by atoms with E-state index in [1.54, 1.807) is 20.8 Å². The molecular formula is C33H34Cl2F2N2O9. The van der Waals surface area contributed by atoms with Crippen LogP contribution in [0.5, 0.6) is 17.2 Å². The van der Waals surface area contributed by atoms with Crippen LogP contribution in [0.4, 0.5) is 14.5 Å². The highest BCUT2D eigenvalue weighted by Crippen LogP contribution is 2.38. The van der Waals surface area contributed by atoms with Gasteiger partial charge >= 0.3 is 18.6 Å². The number of rotatable bonds is 14. The largest absolute Gasteiger partial charge is 0.619 e. The Morgan fingerprint density at radius 3 is 2.29 bits per heavy atom. The summed E-state index contributed by atoms with van der Waals surface area (Å²) in [5.74, 6) is -2.02. The van der Waals surface area contributed by atoms with Crippen LogP contribution in [0, 0.1) is 11.1 Å². The second-order valence-electron chi connectivity index (χ2n) is 12.0. The van der Waals surface area contributed by atoms with Gasteiger partial charge < -0.3 is 34.2 Å². The van der Waals surface area contributed by atoms with E-state index >= 15 is 0 Å². The molecule has 1 atom stereocenters. The molecule has 1 N–H and O–H groups in total. The number of nitrogens with zero attached hydrogens (tertiary/aromatic N) is 1. The number of hydrogen-bond donors (Lipinski definition) is 1. The van der Waals surface area contributed by atoms with Gasteiger partial charge in [-0.25, -0.2) is 4.79 Å². The first kappa shape index (κ1) is 36.5. The monoisotopic (exact) mass is 710 g/mol. The summed E-state index contributed by atoms with van der Waals surface area (Å²) < 4.78 is 53.6. The van der Waals surface area contributed by atoms with Crippen molar-refractivity contribution < 1.29 is 51.6 Å². The minimum Gasteiger partial charge on any atom is -0.619 e. The van der Waals surface area contributed by atoms with Crippen molar-refractivity contribution in [3.05, 3.63) is 80.7 Å². The number of alkyl halides is 2. The van der Waals surface area contributed by atoms with Gasteiger partial charge in [0.25, 0.3) is 0 Å². The van der Waals surface area contributed by atoms with Crippen LogP contribution in [0.25, 0.3) is 0 Å². The molecule has 2 aromatic carbocycles. The first-order valence-corrected chi connectivity index (χ1v) is 15.6. The number of methoxy groups -OCH3 is 1. The molecule has 1 heterocycles. The van der Waals surface area contributed by atoms with Gasteiger partial charge in [0.1, 0.15) is 33.9 Å². The zero-order chi connectivity index (χ0) is 35.2. The van der Waals surface area contributed by atoms with Crippen molar-refractivity contribution in [3.63, 3.8) is 0 Å². The van der Waals surface area contributed by atoms with Gasteiger partial charge in [-0.1, -0.05) is 29.3 Å². The number of amides is 1. The van der Waals surface area contributed by atoms with Crippen molar-refractivity contribution in [2.24, 2.45) is 5.92 Å². The van der Waals surface area contributed by atoms with Crippen molar-refractivity contribution in [1.29, 1.82) is 0 Å². The van der Waals surface area contributed by atoms with Crippen molar-refractivity contribution in [2.45, 2.75) is 64.8 Å². The van der Waals surface area contributed by atoms with E-state index < -0.39 is 42.6 Å². The minimum absolute atomic E-state index is 0.000781. The molecule has 15 heteroatoms. The Morgan fingerprint density at radius 1 is 1.02 bits per heavy atom. The fourth-order valence-corrected chi connectivity index (χ4v) is 5.09. The molecule has 3 aromatic rings. The molecule has 1 aromatic heterocycles. The van der Waals surface area contributed by atoms with Crippen LogP contribution in [0.1, 0.15) is 67.6 Å². The quantitative estimate of drug-likeness (QED) is 0.0826. The van der Waals surface area contributed by atoms with Gasteiger partial charge in [-0.05, 0) is 75.4 Å². The number of nitrogens with one attached hydrogen (secondary N) is 1. The minimum atomic E-state index is -3.11. The summed E-state index contributed by atoms with van der Waals surface area (Å²) in [7, 11) is 1.36. The standard InChI is InChI=1S/C33H34Cl2F2N2O9/c1-33(2,3)48-30(41)14-29(40)38-24-11-20(8-9-25(24)44-4)31(42)46-27(13-21-22(34)15-39(43)16-23(21)35)19-7-10-26(47-32(36)37)28(12-19)45-17-18-5-6-18/h7-12,15-16,18,27,32H,5-6,13-14,17H2,1-4H3,(H,38,40). The molecule has 1 fully saturated rings. The van der Waals surface area contributed by atoms with E-state index in [1.807, 2.05) is 0 Å². The van der Waals surface area contributed by atoms with E-state index in [4.69, 9.17) is 42.1 Å². The van der Waals surface area contributed by atoms with E-state index in [9.17, 15) is 28.4 Å². The van der Waals surface area contributed by atoms with Crippen molar-refractivity contribution in [3.8, 4) is 17.2 Å². The molecule has 258 valence electrons. The van der Waals surface area contributed by atoms with Gasteiger partial charge in [-0.2, -0.15) is 13.5 Å². The third kappa shape index (κ3) is 10.6. The van der Waals surface area contributed by atoms with Gasteiger partial charge in [-0.3, -0.25) is 9.59 Å². The molecule has 0 aliphatic heterocycles. The number of hydrogen-bond acceptors (Lipinski definition) is 9. The van der Waals surface area contributed by atoms with Crippen LogP contribution in [0.15, 0.2) is 48.8 Å². The van der Waals surface area contributed by atoms with Crippen LogP contribution >= 0.6 is 23.2 Å². The van der Waals surface area contributed by atoms with Gasteiger partial charge in [0, 0.05) is 12.0 Å². The Kier molecular flexibility index (Phi) is 11.9. The molecule has 1 aliphatic carbocycles. The lowest BCUT2D eigenvalue weighted by atomic mass is 10.0. The average Bonchev–Trinajstić information content (AvgIpc) is 3.81. The lowest BCUT2D eigenvalue weighted by Gasteiger charge is -2.22. The molecule has 0 radical (unpaired) electrons. The number of pyridine rings is 1. The highest BCUT2D eigenvalue weighted by atomic mass is 35.5. The Hall–Kier alpha value is -4.36. The molecule has 0 spiro atoms. The molecule has 4 rings (SSSR count). The first-order valence-electron chi connectivity index (χ1n) is 14.8. The summed E-state index contributed by atoms with van der Waals surface area (Å²) in [6, 6.07) is 8.25. The topological polar surface area (TPSA) is 136 Å². The number of carbonyl (C=O) groups is 3. The molecule has 1 saturated carbocycles. The Balaban J connectivity index is 1.64. The fourth-order valence-electron chi connectivity index (χ4n) is 4.49. The van der Waals surface area contributed by atoms with Crippen molar-refractivity contribution >= 4 is 46.7 Å². The highest BCUT2D eigenvalue weighted by Gasteiger charge is 2.27. The predicted molar refractivity (Wildman–Crippen MR) is 171 cm³/mol. The molecular weight excluding hydrogens is 677 g/mol. The van der Waals surface area contributed by atoms with Crippen LogP contribution < -0.4 is 24.3 Å². The number of halogens is 4. The van der Waals surface area contributed by atoms with Gasteiger partial charge in [0.2, 0.25) is 5.91 Å². The van der Waals surface area contributed by atoms with Crippen molar-refractivity contribution in [2.75, 3.05) is 19.0 Å². The Bertz CT molecular complexity index is 1640. The van der Waals surface area contributed by atoms with E-state index in [0.29, 0.717) is 10.3 Å². The summed E-state index contributed by atoms with van der Waals surface area (Å²) in [5.41, 5.74) is -0.128. The van der Waals surface area contributed by atoms with Crippen LogP contribution in [-0.4, -0.2) is 43.8 Å². The highest BCUT2D eigenvalue weighted by molar-refractivity contribution is 6.35. The zero-order valence-electron chi connectivity index (χ0n) is 26.5. The molecule has 1 aliphatic rings. The summed E-state index contributed by atoms with van der Waals surface area (Å²) in [6.45, 7) is 2.17. The van der Waals surface area contributed by atoms with Gasteiger partial charge in [0.05, 0.1) is 25.0 Å². The lowest BCUT2D eigenvalue weighted by molar-refractivity contribution is -0.605. The van der Waals surface area contributed by atoms with Gasteiger partial charge in [-0.15, -0.1) is 0 Å². The van der Waals surface area contributed by atoms with E-state index in [-0.39, 0.29) is 63.1 Å². The first-order chi connectivity index (χ1) is 22.6. The number of aromatic nitrogens is 1. The van der Waals surface area contributed by atoms with E-state index in [0.717, 1.165) is 25.2 Å².